The minimum atomic E-state index is 0.0890. The topological polar surface area (TPSA) is 9.23 Å². The van der Waals surface area contributed by atoms with Crippen molar-refractivity contribution < 1.29 is 4.74 Å². The predicted octanol–water partition coefficient (Wildman–Crippen LogP) is 3.10. The Morgan fingerprint density at radius 3 is 2.21 bits per heavy atom. The molecule has 1 nitrogen and oxygen atoms in total. The molecule has 1 aromatic rings. The van der Waals surface area contributed by atoms with Crippen molar-refractivity contribution in [2.75, 3.05) is 7.11 Å². The summed E-state index contributed by atoms with van der Waals surface area (Å²) >= 11 is 0. The van der Waals surface area contributed by atoms with Gasteiger partial charge in [0.15, 0.2) is 0 Å². The average Bonchev–Trinajstić information content (AvgIpc) is 2.26. The molecule has 14 heavy (non-hydrogen) atoms. The van der Waals surface area contributed by atoms with Crippen LogP contribution in [0.2, 0.25) is 0 Å². The van der Waals surface area contributed by atoms with Gasteiger partial charge in [0.05, 0.1) is 18.0 Å². The first-order chi connectivity index (χ1) is 6.80. The van der Waals surface area contributed by atoms with Gasteiger partial charge in [-0.05, 0) is 12.1 Å². The predicted molar refractivity (Wildman–Crippen MR) is 64.5 cm³/mol. The molecule has 0 fully saturated rings. The van der Waals surface area contributed by atoms with Crippen LogP contribution in [0.25, 0.3) is 0 Å². The van der Waals surface area contributed by atoms with Crippen LogP contribution in [-0.4, -0.2) is 7.11 Å². The molecule has 0 saturated heterocycles. The Balaban J connectivity index is 2.67. The highest BCUT2D eigenvalue weighted by molar-refractivity contribution is 8.01. The van der Waals surface area contributed by atoms with Crippen molar-refractivity contribution in [3.05, 3.63) is 53.8 Å². The zero-order valence-electron chi connectivity index (χ0n) is 8.40. The lowest BCUT2D eigenvalue weighted by atomic mass is 10.2. The van der Waals surface area contributed by atoms with E-state index in [1.54, 1.807) is 7.11 Å². The molecular formula is C12H15OS+. The van der Waals surface area contributed by atoms with E-state index >= 15 is 0 Å². The second kappa shape index (κ2) is 5.55. The maximum atomic E-state index is 5.09. The maximum absolute atomic E-state index is 5.09. The molecule has 0 bridgehead atoms. The quantitative estimate of drug-likeness (QED) is 0.674. The largest absolute Gasteiger partial charge is 0.497 e. The highest BCUT2D eigenvalue weighted by Crippen LogP contribution is 2.15. The van der Waals surface area contributed by atoms with Crippen LogP contribution in [0.4, 0.5) is 0 Å². The standard InChI is InChI=1S/C12H15OS/c1-4-14(5-2)10-11-6-8-12(13-3)9-7-11/h4-9H,1-2,10H2,3H3/q+1. The summed E-state index contributed by atoms with van der Waals surface area (Å²) in [6.07, 6.45) is 0. The Labute approximate surface area is 88.4 Å². The van der Waals surface area contributed by atoms with Gasteiger partial charge in [-0.15, -0.1) is 0 Å². The molecule has 2 heteroatoms. The van der Waals surface area contributed by atoms with Gasteiger partial charge in [-0.1, -0.05) is 25.3 Å². The van der Waals surface area contributed by atoms with Gasteiger partial charge in [-0.25, -0.2) is 0 Å². The van der Waals surface area contributed by atoms with Crippen LogP contribution in [-0.2, 0) is 16.6 Å². The Morgan fingerprint density at radius 2 is 1.79 bits per heavy atom. The molecule has 0 aliphatic rings. The molecule has 0 heterocycles. The van der Waals surface area contributed by atoms with Gasteiger partial charge in [0.2, 0.25) is 0 Å². The summed E-state index contributed by atoms with van der Waals surface area (Å²) in [6, 6.07) is 8.10. The van der Waals surface area contributed by atoms with Gasteiger partial charge in [0.25, 0.3) is 0 Å². The zero-order valence-corrected chi connectivity index (χ0v) is 9.22. The minimum Gasteiger partial charge on any atom is -0.497 e. The SMILES string of the molecule is C=C[S+](C=C)Cc1ccc(OC)cc1. The molecule has 0 spiro atoms. The fourth-order valence-corrected chi connectivity index (χ4v) is 2.05. The van der Waals surface area contributed by atoms with Gasteiger partial charge in [0, 0.05) is 5.56 Å². The number of benzene rings is 1. The smallest absolute Gasteiger partial charge is 0.142 e. The van der Waals surface area contributed by atoms with Crippen molar-refractivity contribution in [1.82, 2.24) is 0 Å². The summed E-state index contributed by atoms with van der Waals surface area (Å²) in [7, 11) is 1.76. The molecule has 0 unspecified atom stereocenters. The van der Waals surface area contributed by atoms with Crippen LogP contribution in [0, 0.1) is 0 Å². The lowest BCUT2D eigenvalue weighted by Crippen LogP contribution is -1.96. The van der Waals surface area contributed by atoms with E-state index in [4.69, 9.17) is 4.74 Å². The summed E-state index contributed by atoms with van der Waals surface area (Å²) in [5.41, 5.74) is 1.29. The highest BCUT2D eigenvalue weighted by atomic mass is 32.2. The second-order valence-corrected chi connectivity index (χ2v) is 4.69. The Kier molecular flexibility index (Phi) is 4.33. The van der Waals surface area contributed by atoms with Gasteiger partial charge in [-0.3, -0.25) is 0 Å². The van der Waals surface area contributed by atoms with Crippen molar-refractivity contribution in [2.24, 2.45) is 0 Å². The molecule has 74 valence electrons. The van der Waals surface area contributed by atoms with Gasteiger partial charge >= 0.3 is 0 Å². The Morgan fingerprint density at radius 1 is 1.21 bits per heavy atom. The van der Waals surface area contributed by atoms with Crippen LogP contribution in [0.5, 0.6) is 5.75 Å². The average molecular weight is 207 g/mol. The Hall–Kier alpha value is -1.15. The fraction of sp³-hybridized carbons (Fsp3) is 0.167. The molecule has 0 amide bonds. The van der Waals surface area contributed by atoms with Crippen LogP contribution in [0.1, 0.15) is 5.56 Å². The van der Waals surface area contributed by atoms with Gasteiger partial charge < -0.3 is 4.74 Å². The first-order valence-corrected chi connectivity index (χ1v) is 5.88. The highest BCUT2D eigenvalue weighted by Gasteiger charge is 2.09. The zero-order chi connectivity index (χ0) is 10.4. The molecule has 0 aliphatic heterocycles. The lowest BCUT2D eigenvalue weighted by Gasteiger charge is -2.01. The summed E-state index contributed by atoms with van der Waals surface area (Å²) < 4.78 is 5.09. The molecule has 0 N–H and O–H groups in total. The van der Waals surface area contributed by atoms with Crippen molar-refractivity contribution in [3.63, 3.8) is 0 Å². The van der Waals surface area contributed by atoms with E-state index in [1.165, 1.54) is 5.56 Å². The van der Waals surface area contributed by atoms with Crippen molar-refractivity contribution in [1.29, 1.82) is 0 Å². The van der Waals surface area contributed by atoms with Gasteiger partial charge in [-0.2, -0.15) is 0 Å². The normalized spacial score (nSPS) is 9.86. The van der Waals surface area contributed by atoms with Gasteiger partial charge in [0.1, 0.15) is 22.3 Å². The molecule has 0 radical (unpaired) electrons. The summed E-state index contributed by atoms with van der Waals surface area (Å²) in [5.74, 6) is 1.88. The number of ether oxygens (including phenoxy) is 1. The maximum Gasteiger partial charge on any atom is 0.142 e. The monoisotopic (exact) mass is 207 g/mol. The summed E-state index contributed by atoms with van der Waals surface area (Å²) in [6.45, 7) is 7.56. The first kappa shape index (κ1) is 10.9. The van der Waals surface area contributed by atoms with Crippen molar-refractivity contribution in [3.8, 4) is 5.75 Å². The first-order valence-electron chi connectivity index (χ1n) is 4.36. The van der Waals surface area contributed by atoms with Crippen LogP contribution in [0.15, 0.2) is 48.2 Å². The Bertz CT molecular complexity index is 295. The van der Waals surface area contributed by atoms with Crippen LogP contribution in [0.3, 0.4) is 0 Å². The van der Waals surface area contributed by atoms with Crippen molar-refractivity contribution in [2.45, 2.75) is 5.75 Å². The third kappa shape index (κ3) is 2.96. The lowest BCUT2D eigenvalue weighted by molar-refractivity contribution is 0.414. The summed E-state index contributed by atoms with van der Waals surface area (Å²) in [5, 5.41) is 3.88. The molecule has 0 aliphatic carbocycles. The van der Waals surface area contributed by atoms with E-state index < -0.39 is 0 Å². The van der Waals surface area contributed by atoms with E-state index in [2.05, 4.69) is 25.3 Å². The minimum absolute atomic E-state index is 0.0890. The van der Waals surface area contributed by atoms with Crippen molar-refractivity contribution >= 4 is 10.9 Å². The second-order valence-electron chi connectivity index (χ2n) is 2.80. The fourth-order valence-electron chi connectivity index (χ4n) is 1.10. The number of hydrogen-bond acceptors (Lipinski definition) is 1. The summed E-state index contributed by atoms with van der Waals surface area (Å²) in [4.78, 5) is 0. The number of rotatable bonds is 5. The number of methoxy groups -OCH3 is 1. The molecule has 0 atom stereocenters. The van der Waals surface area contributed by atoms with Crippen LogP contribution < -0.4 is 4.74 Å². The van der Waals surface area contributed by atoms with E-state index in [1.807, 2.05) is 22.9 Å². The van der Waals surface area contributed by atoms with Crippen LogP contribution >= 0.6 is 0 Å². The molecule has 0 aromatic heterocycles. The van der Waals surface area contributed by atoms with E-state index in [9.17, 15) is 0 Å². The van der Waals surface area contributed by atoms with E-state index in [0.717, 1.165) is 11.5 Å². The molecule has 0 saturated carbocycles. The van der Waals surface area contributed by atoms with E-state index in [0.29, 0.717) is 0 Å². The molecular weight excluding hydrogens is 192 g/mol. The third-order valence-electron chi connectivity index (χ3n) is 1.92. The number of hydrogen-bond donors (Lipinski definition) is 0. The third-order valence-corrected chi connectivity index (χ3v) is 3.44. The van der Waals surface area contributed by atoms with E-state index in [-0.39, 0.29) is 10.9 Å². The molecule has 1 rings (SSSR count). The molecule has 1 aromatic carbocycles.